The van der Waals surface area contributed by atoms with Crippen LogP contribution in [-0.2, 0) is 7.05 Å². The number of carbonyl (C=O) groups is 1. The maximum absolute atomic E-state index is 12.0. The molecule has 17 heavy (non-hydrogen) atoms. The number of benzene rings is 1. The molecule has 4 heteroatoms. The molecule has 1 aromatic heterocycles. The quantitative estimate of drug-likeness (QED) is 0.858. The molecular formula is C13H15N3O. The summed E-state index contributed by atoms with van der Waals surface area (Å²) in [6.07, 6.45) is 0. The lowest BCUT2D eigenvalue weighted by Gasteiger charge is -2.05. The topological polar surface area (TPSA) is 46.9 Å². The van der Waals surface area contributed by atoms with Crippen molar-refractivity contribution in [3.8, 4) is 0 Å². The molecule has 0 fully saturated rings. The van der Waals surface area contributed by atoms with Crippen LogP contribution < -0.4 is 5.32 Å². The van der Waals surface area contributed by atoms with Crippen molar-refractivity contribution in [3.05, 3.63) is 47.2 Å². The number of nitrogens with zero attached hydrogens (tertiary/aromatic N) is 2. The number of rotatable bonds is 2. The van der Waals surface area contributed by atoms with Gasteiger partial charge in [-0.25, -0.2) is 0 Å². The number of amides is 1. The maximum atomic E-state index is 12.0. The fraction of sp³-hybridized carbons (Fsp3) is 0.231. The third-order valence-corrected chi connectivity index (χ3v) is 2.52. The van der Waals surface area contributed by atoms with E-state index in [-0.39, 0.29) is 5.91 Å². The highest BCUT2D eigenvalue weighted by Crippen LogP contribution is 2.11. The molecule has 0 saturated heterocycles. The standard InChI is InChI=1S/C13H15N3O/c1-9-5-4-6-11(7-9)13(17)14-12-8-10(2)15-16(12)3/h4-8H,1-3H3,(H,14,17). The molecule has 4 nitrogen and oxygen atoms in total. The number of nitrogens with one attached hydrogen (secondary N) is 1. The zero-order valence-electron chi connectivity index (χ0n) is 10.2. The molecule has 0 unspecified atom stereocenters. The van der Waals surface area contributed by atoms with Gasteiger partial charge in [0.15, 0.2) is 0 Å². The summed E-state index contributed by atoms with van der Waals surface area (Å²) in [4.78, 5) is 12.0. The lowest BCUT2D eigenvalue weighted by atomic mass is 10.1. The van der Waals surface area contributed by atoms with Crippen LogP contribution in [0.4, 0.5) is 5.82 Å². The summed E-state index contributed by atoms with van der Waals surface area (Å²) in [5.41, 5.74) is 2.61. The summed E-state index contributed by atoms with van der Waals surface area (Å²) < 4.78 is 1.66. The largest absolute Gasteiger partial charge is 0.307 e. The predicted molar refractivity (Wildman–Crippen MR) is 67.1 cm³/mol. The Kier molecular flexibility index (Phi) is 2.95. The highest BCUT2D eigenvalue weighted by molar-refractivity contribution is 6.03. The molecule has 0 aliphatic carbocycles. The van der Waals surface area contributed by atoms with E-state index in [9.17, 15) is 4.79 Å². The Labute approximate surface area is 100 Å². The number of anilines is 1. The highest BCUT2D eigenvalue weighted by atomic mass is 16.1. The number of aryl methyl sites for hydroxylation is 3. The summed E-state index contributed by atoms with van der Waals surface area (Å²) in [6, 6.07) is 9.33. The minimum Gasteiger partial charge on any atom is -0.307 e. The molecule has 0 radical (unpaired) electrons. The first kappa shape index (κ1) is 11.4. The second-order valence-corrected chi connectivity index (χ2v) is 4.12. The Morgan fingerprint density at radius 2 is 2.06 bits per heavy atom. The Bertz CT molecular complexity index is 558. The first-order valence-corrected chi connectivity index (χ1v) is 5.45. The van der Waals surface area contributed by atoms with Gasteiger partial charge in [0.05, 0.1) is 5.69 Å². The second-order valence-electron chi connectivity index (χ2n) is 4.12. The lowest BCUT2D eigenvalue weighted by Crippen LogP contribution is -2.14. The number of hydrogen-bond donors (Lipinski definition) is 1. The normalized spacial score (nSPS) is 10.3. The number of hydrogen-bond acceptors (Lipinski definition) is 2. The van der Waals surface area contributed by atoms with E-state index < -0.39 is 0 Å². The van der Waals surface area contributed by atoms with E-state index in [0.717, 1.165) is 11.3 Å². The Balaban J connectivity index is 2.20. The Hall–Kier alpha value is -2.10. The van der Waals surface area contributed by atoms with Gasteiger partial charge in [-0.3, -0.25) is 9.48 Å². The van der Waals surface area contributed by atoms with Gasteiger partial charge in [-0.15, -0.1) is 0 Å². The van der Waals surface area contributed by atoms with Crippen LogP contribution in [-0.4, -0.2) is 15.7 Å². The molecule has 88 valence electrons. The first-order chi connectivity index (χ1) is 8.06. The van der Waals surface area contributed by atoms with E-state index in [0.29, 0.717) is 11.4 Å². The first-order valence-electron chi connectivity index (χ1n) is 5.45. The lowest BCUT2D eigenvalue weighted by molar-refractivity contribution is 0.102. The van der Waals surface area contributed by atoms with Crippen molar-refractivity contribution in [2.45, 2.75) is 13.8 Å². The molecule has 0 bridgehead atoms. The average Bonchev–Trinajstić information content (AvgIpc) is 2.57. The molecule has 0 atom stereocenters. The monoisotopic (exact) mass is 229 g/mol. The van der Waals surface area contributed by atoms with Gasteiger partial charge in [0, 0.05) is 18.7 Å². The fourth-order valence-electron chi connectivity index (χ4n) is 1.70. The zero-order valence-corrected chi connectivity index (χ0v) is 10.2. The SMILES string of the molecule is Cc1cccc(C(=O)Nc2cc(C)nn2C)c1. The minimum atomic E-state index is -0.114. The third-order valence-electron chi connectivity index (χ3n) is 2.52. The van der Waals surface area contributed by atoms with Gasteiger partial charge in [-0.05, 0) is 26.0 Å². The average molecular weight is 229 g/mol. The van der Waals surface area contributed by atoms with E-state index in [4.69, 9.17) is 0 Å². The van der Waals surface area contributed by atoms with Crippen LogP contribution in [0.5, 0.6) is 0 Å². The molecule has 0 aliphatic heterocycles. The van der Waals surface area contributed by atoms with Crippen LogP contribution in [0.2, 0.25) is 0 Å². The molecule has 1 N–H and O–H groups in total. The van der Waals surface area contributed by atoms with E-state index in [1.807, 2.05) is 38.1 Å². The van der Waals surface area contributed by atoms with Gasteiger partial charge >= 0.3 is 0 Å². The van der Waals surface area contributed by atoms with Gasteiger partial charge in [0.2, 0.25) is 0 Å². The van der Waals surface area contributed by atoms with Crippen LogP contribution in [0.3, 0.4) is 0 Å². The molecule has 2 rings (SSSR count). The van der Waals surface area contributed by atoms with E-state index >= 15 is 0 Å². The Morgan fingerprint density at radius 1 is 1.29 bits per heavy atom. The van der Waals surface area contributed by atoms with Gasteiger partial charge in [0.1, 0.15) is 5.82 Å². The summed E-state index contributed by atoms with van der Waals surface area (Å²) in [5.74, 6) is 0.589. The van der Waals surface area contributed by atoms with E-state index in [1.54, 1.807) is 17.8 Å². The van der Waals surface area contributed by atoms with Crippen molar-refractivity contribution in [1.29, 1.82) is 0 Å². The fourth-order valence-corrected chi connectivity index (χ4v) is 1.70. The number of carbonyl (C=O) groups excluding carboxylic acids is 1. The molecule has 0 aliphatic rings. The molecule has 1 aromatic carbocycles. The molecule has 0 saturated carbocycles. The smallest absolute Gasteiger partial charge is 0.256 e. The summed E-state index contributed by atoms with van der Waals surface area (Å²) in [5, 5.41) is 7.01. The van der Waals surface area contributed by atoms with Crippen molar-refractivity contribution in [2.24, 2.45) is 7.05 Å². The Morgan fingerprint density at radius 3 is 2.65 bits per heavy atom. The van der Waals surface area contributed by atoms with Crippen LogP contribution in [0, 0.1) is 13.8 Å². The molecule has 2 aromatic rings. The van der Waals surface area contributed by atoms with Crippen molar-refractivity contribution < 1.29 is 4.79 Å². The summed E-state index contributed by atoms with van der Waals surface area (Å²) >= 11 is 0. The van der Waals surface area contributed by atoms with Crippen LogP contribution >= 0.6 is 0 Å². The summed E-state index contributed by atoms with van der Waals surface area (Å²) in [6.45, 7) is 3.85. The van der Waals surface area contributed by atoms with Gasteiger partial charge in [-0.2, -0.15) is 5.10 Å². The molecule has 0 spiro atoms. The van der Waals surface area contributed by atoms with E-state index in [1.165, 1.54) is 0 Å². The van der Waals surface area contributed by atoms with Crippen LogP contribution in [0.25, 0.3) is 0 Å². The van der Waals surface area contributed by atoms with Crippen molar-refractivity contribution in [2.75, 3.05) is 5.32 Å². The summed E-state index contributed by atoms with van der Waals surface area (Å²) in [7, 11) is 1.80. The molecule has 1 amide bonds. The number of aromatic nitrogens is 2. The maximum Gasteiger partial charge on any atom is 0.256 e. The third kappa shape index (κ3) is 2.53. The second kappa shape index (κ2) is 4.41. The van der Waals surface area contributed by atoms with Gasteiger partial charge in [0.25, 0.3) is 5.91 Å². The van der Waals surface area contributed by atoms with E-state index in [2.05, 4.69) is 10.4 Å². The molecular weight excluding hydrogens is 214 g/mol. The van der Waals surface area contributed by atoms with Crippen LogP contribution in [0.1, 0.15) is 21.6 Å². The van der Waals surface area contributed by atoms with Gasteiger partial charge < -0.3 is 5.32 Å². The van der Waals surface area contributed by atoms with Crippen molar-refractivity contribution in [3.63, 3.8) is 0 Å². The minimum absolute atomic E-state index is 0.114. The van der Waals surface area contributed by atoms with Crippen molar-refractivity contribution >= 4 is 11.7 Å². The zero-order chi connectivity index (χ0) is 12.4. The molecule has 1 heterocycles. The predicted octanol–water partition coefficient (Wildman–Crippen LogP) is 2.29. The van der Waals surface area contributed by atoms with Crippen LogP contribution in [0.15, 0.2) is 30.3 Å². The van der Waals surface area contributed by atoms with Crippen molar-refractivity contribution in [1.82, 2.24) is 9.78 Å². The highest BCUT2D eigenvalue weighted by Gasteiger charge is 2.09. The van der Waals surface area contributed by atoms with Gasteiger partial charge in [-0.1, -0.05) is 17.7 Å².